The minimum absolute atomic E-state index is 0.185. The summed E-state index contributed by atoms with van der Waals surface area (Å²) in [4.78, 5) is 21.2. The number of para-hydroxylation sites is 1. The summed E-state index contributed by atoms with van der Waals surface area (Å²) in [5, 5.41) is 11.7. The Morgan fingerprint density at radius 1 is 1.00 bits per heavy atom. The lowest BCUT2D eigenvalue weighted by Crippen LogP contribution is -2.46. The molecule has 1 aromatic heterocycles. The second-order valence-electron chi connectivity index (χ2n) is 10.0. The SMILES string of the molecule is Cc1ccc(OC(=O)Nc2ccc(N3CCN(Cc4ccccc4OC(F)(F)F)CC3)nc2)cc1-c1ccc(C#N)cc1. The van der Waals surface area contributed by atoms with Gasteiger partial charge in [-0.05, 0) is 66.1 Å². The van der Waals surface area contributed by atoms with Gasteiger partial charge in [-0.15, -0.1) is 13.2 Å². The molecule has 0 aliphatic carbocycles. The number of pyridine rings is 1. The van der Waals surface area contributed by atoms with Crippen LogP contribution in [0.25, 0.3) is 11.1 Å². The van der Waals surface area contributed by atoms with Gasteiger partial charge in [-0.2, -0.15) is 5.26 Å². The van der Waals surface area contributed by atoms with Crippen molar-refractivity contribution in [1.82, 2.24) is 9.88 Å². The summed E-state index contributed by atoms with van der Waals surface area (Å²) in [7, 11) is 0. The molecule has 0 unspecified atom stereocenters. The molecule has 2 heterocycles. The van der Waals surface area contributed by atoms with Crippen LogP contribution in [0.2, 0.25) is 0 Å². The van der Waals surface area contributed by atoms with Crippen LogP contribution in [-0.2, 0) is 6.54 Å². The maximum atomic E-state index is 12.8. The number of hydrogen-bond donors (Lipinski definition) is 1. The van der Waals surface area contributed by atoms with Gasteiger partial charge in [0.15, 0.2) is 0 Å². The number of nitrogens with one attached hydrogen (secondary N) is 1. The largest absolute Gasteiger partial charge is 0.573 e. The Bertz CT molecular complexity index is 1610. The first-order valence-corrected chi connectivity index (χ1v) is 13.5. The Kier molecular flexibility index (Phi) is 8.78. The zero-order valence-corrected chi connectivity index (χ0v) is 23.3. The number of carbonyl (C=O) groups is 1. The molecule has 220 valence electrons. The van der Waals surface area contributed by atoms with Gasteiger partial charge in [0.25, 0.3) is 0 Å². The number of ether oxygens (including phenoxy) is 2. The zero-order valence-electron chi connectivity index (χ0n) is 23.3. The second-order valence-corrected chi connectivity index (χ2v) is 10.0. The van der Waals surface area contributed by atoms with E-state index >= 15 is 0 Å². The van der Waals surface area contributed by atoms with Gasteiger partial charge in [0, 0.05) is 38.3 Å². The summed E-state index contributed by atoms with van der Waals surface area (Å²) < 4.78 is 47.9. The monoisotopic (exact) mass is 587 g/mol. The fraction of sp³-hybridized carbons (Fsp3) is 0.219. The van der Waals surface area contributed by atoms with E-state index in [-0.39, 0.29) is 5.75 Å². The van der Waals surface area contributed by atoms with Crippen molar-refractivity contribution >= 4 is 17.6 Å². The number of nitriles is 1. The number of halogens is 3. The number of aromatic nitrogens is 1. The van der Waals surface area contributed by atoms with Crippen LogP contribution >= 0.6 is 0 Å². The minimum atomic E-state index is -4.74. The molecule has 5 rings (SSSR count). The molecule has 11 heteroatoms. The van der Waals surface area contributed by atoms with Gasteiger partial charge in [0.05, 0.1) is 23.5 Å². The topological polar surface area (TPSA) is 90.7 Å². The lowest BCUT2D eigenvalue weighted by Gasteiger charge is -2.35. The van der Waals surface area contributed by atoms with Gasteiger partial charge in [-0.1, -0.05) is 36.4 Å². The number of carbonyl (C=O) groups excluding carboxylic acids is 1. The molecule has 1 aliphatic heterocycles. The molecular formula is C32H28F3N5O3. The third-order valence-corrected chi connectivity index (χ3v) is 7.03. The first-order valence-electron chi connectivity index (χ1n) is 13.5. The predicted molar refractivity (Wildman–Crippen MR) is 156 cm³/mol. The van der Waals surface area contributed by atoms with E-state index < -0.39 is 12.5 Å². The highest BCUT2D eigenvalue weighted by Crippen LogP contribution is 2.29. The molecule has 4 aromatic rings. The number of benzene rings is 3. The summed E-state index contributed by atoms with van der Waals surface area (Å²) in [5.74, 6) is 0.914. The third-order valence-electron chi connectivity index (χ3n) is 7.03. The van der Waals surface area contributed by atoms with Crippen molar-refractivity contribution in [2.75, 3.05) is 36.4 Å². The van der Waals surface area contributed by atoms with Crippen LogP contribution in [-0.4, -0.2) is 48.5 Å². The van der Waals surface area contributed by atoms with Crippen molar-refractivity contribution in [2.24, 2.45) is 0 Å². The summed E-state index contributed by atoms with van der Waals surface area (Å²) in [6.07, 6.45) is -3.85. The number of rotatable bonds is 7. The highest BCUT2D eigenvalue weighted by atomic mass is 19.4. The van der Waals surface area contributed by atoms with Crippen LogP contribution < -0.4 is 19.7 Å². The van der Waals surface area contributed by atoms with E-state index in [4.69, 9.17) is 10.00 Å². The van der Waals surface area contributed by atoms with E-state index in [1.165, 1.54) is 12.1 Å². The smallest absolute Gasteiger partial charge is 0.410 e. The Morgan fingerprint density at radius 2 is 1.74 bits per heavy atom. The minimum Gasteiger partial charge on any atom is -0.410 e. The molecule has 1 aliphatic rings. The molecule has 1 amide bonds. The molecular weight excluding hydrogens is 559 g/mol. The van der Waals surface area contributed by atoms with Crippen molar-refractivity contribution in [1.29, 1.82) is 5.26 Å². The van der Waals surface area contributed by atoms with Gasteiger partial charge in [0.1, 0.15) is 17.3 Å². The number of anilines is 2. The van der Waals surface area contributed by atoms with Crippen LogP contribution in [0, 0.1) is 18.3 Å². The Labute approximate surface area is 246 Å². The van der Waals surface area contributed by atoms with Gasteiger partial charge < -0.3 is 14.4 Å². The van der Waals surface area contributed by atoms with Crippen molar-refractivity contribution in [3.63, 3.8) is 0 Å². The van der Waals surface area contributed by atoms with E-state index in [1.54, 1.807) is 54.7 Å². The predicted octanol–water partition coefficient (Wildman–Crippen LogP) is 6.76. The molecule has 0 saturated carbocycles. The van der Waals surface area contributed by atoms with E-state index in [9.17, 15) is 18.0 Å². The van der Waals surface area contributed by atoms with Gasteiger partial charge in [-0.3, -0.25) is 10.2 Å². The Morgan fingerprint density at radius 3 is 2.42 bits per heavy atom. The normalized spacial score (nSPS) is 13.7. The maximum absolute atomic E-state index is 12.8. The van der Waals surface area contributed by atoms with E-state index in [1.807, 2.05) is 25.1 Å². The molecule has 43 heavy (non-hydrogen) atoms. The first kappa shape index (κ1) is 29.4. The number of nitrogens with zero attached hydrogens (tertiary/aromatic N) is 4. The Hall–Kier alpha value is -5.08. The lowest BCUT2D eigenvalue weighted by atomic mass is 9.99. The highest BCUT2D eigenvalue weighted by molar-refractivity contribution is 5.86. The van der Waals surface area contributed by atoms with E-state index in [0.29, 0.717) is 55.3 Å². The highest BCUT2D eigenvalue weighted by Gasteiger charge is 2.32. The van der Waals surface area contributed by atoms with Gasteiger partial charge in [-0.25, -0.2) is 9.78 Å². The molecule has 1 N–H and O–H groups in total. The molecule has 8 nitrogen and oxygen atoms in total. The van der Waals surface area contributed by atoms with Gasteiger partial charge in [0.2, 0.25) is 0 Å². The van der Waals surface area contributed by atoms with Gasteiger partial charge >= 0.3 is 12.5 Å². The first-order chi connectivity index (χ1) is 20.7. The average molecular weight is 588 g/mol. The maximum Gasteiger partial charge on any atom is 0.573 e. The number of piperazine rings is 1. The summed E-state index contributed by atoms with van der Waals surface area (Å²) >= 11 is 0. The van der Waals surface area contributed by atoms with E-state index in [2.05, 4.69) is 30.9 Å². The average Bonchev–Trinajstić information content (AvgIpc) is 2.99. The number of alkyl halides is 3. The Balaban J connectivity index is 1.14. The molecule has 1 fully saturated rings. The van der Waals surface area contributed by atoms with Crippen molar-refractivity contribution in [2.45, 2.75) is 19.8 Å². The lowest BCUT2D eigenvalue weighted by molar-refractivity contribution is -0.275. The number of aryl methyl sites for hydroxylation is 1. The fourth-order valence-corrected chi connectivity index (χ4v) is 4.83. The molecule has 0 bridgehead atoms. The summed E-state index contributed by atoms with van der Waals surface area (Å²) in [6, 6.07) is 24.3. The number of hydrogen-bond acceptors (Lipinski definition) is 7. The molecule has 0 atom stereocenters. The van der Waals surface area contributed by atoms with Crippen molar-refractivity contribution < 1.29 is 27.4 Å². The third kappa shape index (κ3) is 7.81. The standard InChI is InChI=1S/C32H28F3N5O3/c1-22-6-12-27(18-28(22)24-9-7-23(19-36)8-10-24)42-31(41)38-26-11-13-30(37-20-26)40-16-14-39(15-17-40)21-25-4-2-3-5-29(25)43-32(33,34)35/h2-13,18,20H,14-17,21H2,1H3,(H,38,41). The quantitative estimate of drug-likeness (QED) is 0.256. The molecule has 1 saturated heterocycles. The van der Waals surface area contributed by atoms with Crippen LogP contribution in [0.1, 0.15) is 16.7 Å². The van der Waals surface area contributed by atoms with Crippen LogP contribution in [0.5, 0.6) is 11.5 Å². The van der Waals surface area contributed by atoms with Crippen LogP contribution in [0.4, 0.5) is 29.5 Å². The summed E-state index contributed by atoms with van der Waals surface area (Å²) in [5.41, 5.74) is 4.30. The summed E-state index contributed by atoms with van der Waals surface area (Å²) in [6.45, 7) is 4.84. The van der Waals surface area contributed by atoms with Crippen LogP contribution in [0.3, 0.4) is 0 Å². The molecule has 0 spiro atoms. The van der Waals surface area contributed by atoms with Crippen LogP contribution in [0.15, 0.2) is 85.1 Å². The zero-order chi connectivity index (χ0) is 30.4. The second kappa shape index (κ2) is 12.8. The molecule has 3 aromatic carbocycles. The van der Waals surface area contributed by atoms with Crippen molar-refractivity contribution in [3.05, 3.63) is 102 Å². The number of amides is 1. The molecule has 0 radical (unpaired) electrons. The fourth-order valence-electron chi connectivity index (χ4n) is 4.83. The van der Waals surface area contributed by atoms with Crippen molar-refractivity contribution in [3.8, 4) is 28.7 Å². The van der Waals surface area contributed by atoms with E-state index in [0.717, 1.165) is 22.5 Å².